The highest BCUT2D eigenvalue weighted by molar-refractivity contribution is 7.80. The molecule has 25 heavy (non-hydrogen) atoms. The molecule has 3 rings (SSSR count). The monoisotopic (exact) mass is 385 g/mol. The predicted molar refractivity (Wildman–Crippen MR) is 95.5 cm³/mol. The Hall–Kier alpha value is -1.86. The highest BCUT2D eigenvalue weighted by Crippen LogP contribution is 2.35. The normalized spacial score (nSPS) is 14.2. The van der Waals surface area contributed by atoms with Crippen LogP contribution in [0.5, 0.6) is 0 Å². The Morgan fingerprint density at radius 2 is 2.08 bits per heavy atom. The summed E-state index contributed by atoms with van der Waals surface area (Å²) >= 11 is 11.5. The van der Waals surface area contributed by atoms with Crippen molar-refractivity contribution in [2.75, 3.05) is 5.32 Å². The number of alkyl halides is 3. The van der Waals surface area contributed by atoms with Gasteiger partial charge in [-0.15, -0.1) is 0 Å². The number of anilines is 1. The number of nitrogens with zero attached hydrogens (tertiary/aromatic N) is 2. The van der Waals surface area contributed by atoms with E-state index in [0.29, 0.717) is 11.7 Å². The van der Waals surface area contributed by atoms with E-state index in [1.165, 1.54) is 6.07 Å². The zero-order valence-electron chi connectivity index (χ0n) is 13.1. The van der Waals surface area contributed by atoms with Crippen molar-refractivity contribution in [3.8, 4) is 0 Å². The number of halogens is 4. The molecule has 1 aromatic heterocycles. The molecule has 132 valence electrons. The summed E-state index contributed by atoms with van der Waals surface area (Å²) in [4.78, 5) is 6.04. The van der Waals surface area contributed by atoms with Gasteiger partial charge in [-0.1, -0.05) is 17.7 Å². The number of benzene rings is 1. The zero-order chi connectivity index (χ0) is 18.0. The van der Waals surface area contributed by atoms with E-state index >= 15 is 0 Å². The van der Waals surface area contributed by atoms with Crippen LogP contribution in [0.25, 0.3) is 0 Å². The van der Waals surface area contributed by atoms with Crippen molar-refractivity contribution in [1.82, 2.24) is 9.88 Å². The number of aromatic nitrogens is 1. The highest BCUT2D eigenvalue weighted by atomic mass is 35.5. The standard InChI is InChI=1S/C17H15ClF3N3S/c18-14-6-3-12(17(19,20)21)8-15(14)23-16(25)24(13-4-5-13)10-11-2-1-7-22-9-11/h1-3,6-9,13H,4-5,10H2,(H,23,25). The minimum absolute atomic E-state index is 0.151. The number of hydrogen-bond donors (Lipinski definition) is 1. The van der Waals surface area contributed by atoms with Gasteiger partial charge in [0, 0.05) is 25.0 Å². The zero-order valence-corrected chi connectivity index (χ0v) is 14.6. The van der Waals surface area contributed by atoms with Crippen molar-refractivity contribution in [3.05, 3.63) is 58.9 Å². The van der Waals surface area contributed by atoms with Crippen molar-refractivity contribution in [1.29, 1.82) is 0 Å². The molecule has 1 aromatic carbocycles. The van der Waals surface area contributed by atoms with E-state index < -0.39 is 11.7 Å². The molecule has 1 aliphatic rings. The molecule has 0 atom stereocenters. The molecular formula is C17H15ClF3N3S. The Balaban J connectivity index is 1.78. The van der Waals surface area contributed by atoms with Gasteiger partial charge < -0.3 is 10.2 Å². The molecule has 0 amide bonds. The van der Waals surface area contributed by atoms with E-state index in [1.54, 1.807) is 12.4 Å². The summed E-state index contributed by atoms with van der Waals surface area (Å²) in [6, 6.07) is 7.19. The Morgan fingerprint density at radius 1 is 1.32 bits per heavy atom. The molecule has 1 heterocycles. The summed E-state index contributed by atoms with van der Waals surface area (Å²) in [6.07, 6.45) is 0.991. The third kappa shape index (κ3) is 4.61. The maximum atomic E-state index is 12.9. The number of hydrogen-bond acceptors (Lipinski definition) is 2. The Morgan fingerprint density at radius 3 is 2.68 bits per heavy atom. The fourth-order valence-corrected chi connectivity index (χ4v) is 2.91. The van der Waals surface area contributed by atoms with Crippen LogP contribution in [0.3, 0.4) is 0 Å². The van der Waals surface area contributed by atoms with E-state index in [9.17, 15) is 13.2 Å². The van der Waals surface area contributed by atoms with Gasteiger partial charge in [0.1, 0.15) is 0 Å². The van der Waals surface area contributed by atoms with Gasteiger partial charge in [-0.2, -0.15) is 13.2 Å². The van der Waals surface area contributed by atoms with E-state index in [4.69, 9.17) is 23.8 Å². The molecule has 8 heteroatoms. The van der Waals surface area contributed by atoms with Gasteiger partial charge in [-0.05, 0) is 54.9 Å². The van der Waals surface area contributed by atoms with E-state index in [1.807, 2.05) is 17.0 Å². The summed E-state index contributed by atoms with van der Waals surface area (Å²) < 4.78 is 38.7. The first-order valence-corrected chi connectivity index (χ1v) is 8.46. The van der Waals surface area contributed by atoms with Crippen molar-refractivity contribution in [2.45, 2.75) is 31.6 Å². The van der Waals surface area contributed by atoms with Gasteiger partial charge >= 0.3 is 6.18 Å². The van der Waals surface area contributed by atoms with Crippen LogP contribution >= 0.6 is 23.8 Å². The second-order valence-electron chi connectivity index (χ2n) is 5.84. The van der Waals surface area contributed by atoms with Crippen LogP contribution in [0, 0.1) is 0 Å². The molecule has 1 fully saturated rings. The first kappa shape index (κ1) is 17.9. The van der Waals surface area contributed by atoms with Gasteiger partial charge in [-0.3, -0.25) is 4.98 Å². The highest BCUT2D eigenvalue weighted by Gasteiger charge is 2.33. The molecule has 1 N–H and O–H groups in total. The van der Waals surface area contributed by atoms with Crippen molar-refractivity contribution >= 4 is 34.6 Å². The van der Waals surface area contributed by atoms with Gasteiger partial charge in [0.25, 0.3) is 0 Å². The molecule has 0 radical (unpaired) electrons. The predicted octanol–water partition coefficient (Wildman–Crippen LogP) is 5.12. The Kier molecular flexibility index (Phi) is 5.15. The minimum atomic E-state index is -4.44. The SMILES string of the molecule is FC(F)(F)c1ccc(Cl)c(NC(=S)N(Cc2cccnc2)C2CC2)c1. The first-order valence-electron chi connectivity index (χ1n) is 7.68. The Labute approximate surface area is 153 Å². The average Bonchev–Trinajstić information content (AvgIpc) is 3.39. The Bertz CT molecular complexity index is 763. The van der Waals surface area contributed by atoms with Crippen LogP contribution in [0.15, 0.2) is 42.7 Å². The smallest absolute Gasteiger partial charge is 0.342 e. The molecule has 1 aliphatic carbocycles. The molecule has 0 aliphatic heterocycles. The number of thiocarbonyl (C=S) groups is 1. The van der Waals surface area contributed by atoms with Crippen molar-refractivity contribution in [2.24, 2.45) is 0 Å². The first-order chi connectivity index (χ1) is 11.8. The van der Waals surface area contributed by atoms with Crippen molar-refractivity contribution < 1.29 is 13.2 Å². The van der Waals surface area contributed by atoms with Crippen LogP contribution in [-0.2, 0) is 12.7 Å². The maximum absolute atomic E-state index is 12.9. The van der Waals surface area contributed by atoms with Crippen LogP contribution < -0.4 is 5.32 Å². The van der Waals surface area contributed by atoms with Gasteiger partial charge in [0.05, 0.1) is 16.3 Å². The average molecular weight is 386 g/mol. The quantitative estimate of drug-likeness (QED) is 0.740. The summed E-state index contributed by atoms with van der Waals surface area (Å²) in [7, 11) is 0. The molecule has 0 saturated heterocycles. The van der Waals surface area contributed by atoms with Crippen LogP contribution in [-0.4, -0.2) is 21.0 Å². The fourth-order valence-electron chi connectivity index (χ4n) is 2.43. The van der Waals surface area contributed by atoms with E-state index in [0.717, 1.165) is 30.5 Å². The van der Waals surface area contributed by atoms with Gasteiger partial charge in [0.2, 0.25) is 0 Å². The lowest BCUT2D eigenvalue weighted by molar-refractivity contribution is -0.137. The van der Waals surface area contributed by atoms with Crippen LogP contribution in [0.1, 0.15) is 24.0 Å². The van der Waals surface area contributed by atoms with Crippen molar-refractivity contribution in [3.63, 3.8) is 0 Å². The van der Waals surface area contributed by atoms with Crippen LogP contribution in [0.2, 0.25) is 5.02 Å². The van der Waals surface area contributed by atoms with Gasteiger partial charge in [0.15, 0.2) is 5.11 Å². The lowest BCUT2D eigenvalue weighted by Gasteiger charge is -2.26. The third-order valence-corrected chi connectivity index (χ3v) is 4.53. The second-order valence-corrected chi connectivity index (χ2v) is 6.64. The van der Waals surface area contributed by atoms with Gasteiger partial charge in [-0.25, -0.2) is 0 Å². The number of pyridine rings is 1. The van der Waals surface area contributed by atoms with Crippen LogP contribution in [0.4, 0.5) is 18.9 Å². The molecular weight excluding hydrogens is 371 g/mol. The molecule has 0 bridgehead atoms. The molecule has 0 spiro atoms. The summed E-state index contributed by atoms with van der Waals surface area (Å²) in [5.41, 5.74) is 0.361. The summed E-state index contributed by atoms with van der Waals surface area (Å²) in [5.74, 6) is 0. The molecule has 2 aromatic rings. The molecule has 1 saturated carbocycles. The second kappa shape index (κ2) is 7.17. The number of nitrogens with one attached hydrogen (secondary N) is 1. The minimum Gasteiger partial charge on any atom is -0.342 e. The largest absolute Gasteiger partial charge is 0.416 e. The summed E-state index contributed by atoms with van der Waals surface area (Å²) in [5, 5.41) is 3.41. The fraction of sp³-hybridized carbons (Fsp3) is 0.294. The lowest BCUT2D eigenvalue weighted by atomic mass is 10.2. The third-order valence-electron chi connectivity index (χ3n) is 3.86. The summed E-state index contributed by atoms with van der Waals surface area (Å²) in [6.45, 7) is 0.543. The van der Waals surface area contributed by atoms with E-state index in [2.05, 4.69) is 10.3 Å². The lowest BCUT2D eigenvalue weighted by Crippen LogP contribution is -2.36. The topological polar surface area (TPSA) is 28.2 Å². The molecule has 0 unspecified atom stereocenters. The van der Waals surface area contributed by atoms with E-state index in [-0.39, 0.29) is 16.8 Å². The molecule has 3 nitrogen and oxygen atoms in total. The maximum Gasteiger partial charge on any atom is 0.416 e. The number of rotatable bonds is 4.